The van der Waals surface area contributed by atoms with E-state index in [0.29, 0.717) is 13.1 Å². The van der Waals surface area contributed by atoms with Gasteiger partial charge in [-0.05, 0) is 37.2 Å². The quantitative estimate of drug-likeness (QED) is 0.853. The number of halogens is 1. The molecular weight excluding hydrogens is 245 g/mol. The first-order valence-corrected chi connectivity index (χ1v) is 6.25. The fourth-order valence-corrected chi connectivity index (χ4v) is 1.90. The van der Waals surface area contributed by atoms with E-state index in [4.69, 9.17) is 5.73 Å². The minimum atomic E-state index is -0.234. The summed E-state index contributed by atoms with van der Waals surface area (Å²) < 4.78 is 14.6. The number of aryl methyl sites for hydroxylation is 1. The van der Waals surface area contributed by atoms with Crippen LogP contribution in [0.3, 0.4) is 0 Å². The number of rotatable bonds is 6. The Kier molecular flexibility index (Phi) is 4.46. The lowest BCUT2D eigenvalue weighted by Crippen LogP contribution is -2.25. The second kappa shape index (κ2) is 6.29. The van der Waals surface area contributed by atoms with Gasteiger partial charge in [-0.15, -0.1) is 5.10 Å². The van der Waals surface area contributed by atoms with Crippen molar-refractivity contribution in [3.8, 4) is 0 Å². The van der Waals surface area contributed by atoms with Gasteiger partial charge in [0.25, 0.3) is 0 Å². The third kappa shape index (κ3) is 3.75. The zero-order valence-electron chi connectivity index (χ0n) is 11.0. The van der Waals surface area contributed by atoms with Crippen molar-refractivity contribution in [2.24, 2.45) is 12.8 Å². The molecule has 0 spiro atoms. The van der Waals surface area contributed by atoms with Gasteiger partial charge in [0.15, 0.2) is 0 Å². The molecule has 0 saturated heterocycles. The van der Waals surface area contributed by atoms with E-state index >= 15 is 0 Å². The third-order valence-electron chi connectivity index (χ3n) is 2.83. The molecule has 0 saturated carbocycles. The predicted octanol–water partition coefficient (Wildman–Crippen LogP) is 1.31. The van der Waals surface area contributed by atoms with Gasteiger partial charge in [-0.25, -0.2) is 4.39 Å². The maximum absolute atomic E-state index is 13.0. The summed E-state index contributed by atoms with van der Waals surface area (Å²) in [6.07, 6.45) is 2.75. The number of hydrogen-bond acceptors (Lipinski definition) is 4. The standard InChI is InChI=1S/C13H18FN5/c1-18-9-12(16-17-18)10-19(8-2-7-15)13-5-3-11(14)4-6-13/h3-6,9H,2,7-8,10,15H2,1H3. The van der Waals surface area contributed by atoms with E-state index in [1.54, 1.807) is 16.8 Å². The molecule has 0 unspecified atom stereocenters. The van der Waals surface area contributed by atoms with Crippen molar-refractivity contribution < 1.29 is 4.39 Å². The highest BCUT2D eigenvalue weighted by Crippen LogP contribution is 2.17. The van der Waals surface area contributed by atoms with Crippen molar-refractivity contribution in [3.63, 3.8) is 0 Å². The van der Waals surface area contributed by atoms with Crippen LogP contribution >= 0.6 is 0 Å². The molecule has 1 heterocycles. The monoisotopic (exact) mass is 263 g/mol. The van der Waals surface area contributed by atoms with Gasteiger partial charge in [-0.1, -0.05) is 5.21 Å². The zero-order chi connectivity index (χ0) is 13.7. The lowest BCUT2D eigenvalue weighted by molar-refractivity contribution is 0.627. The van der Waals surface area contributed by atoms with Crippen LogP contribution in [0.4, 0.5) is 10.1 Å². The molecule has 2 rings (SSSR count). The molecule has 6 heteroatoms. The first-order valence-electron chi connectivity index (χ1n) is 6.25. The Balaban J connectivity index is 2.13. The number of nitrogens with zero attached hydrogens (tertiary/aromatic N) is 4. The molecule has 0 amide bonds. The highest BCUT2D eigenvalue weighted by atomic mass is 19.1. The van der Waals surface area contributed by atoms with E-state index in [0.717, 1.165) is 24.3 Å². The van der Waals surface area contributed by atoms with Gasteiger partial charge < -0.3 is 10.6 Å². The van der Waals surface area contributed by atoms with E-state index in [9.17, 15) is 4.39 Å². The van der Waals surface area contributed by atoms with Gasteiger partial charge in [-0.2, -0.15) is 0 Å². The molecule has 0 fully saturated rings. The lowest BCUT2D eigenvalue weighted by Gasteiger charge is -2.23. The maximum atomic E-state index is 13.0. The topological polar surface area (TPSA) is 60.0 Å². The van der Waals surface area contributed by atoms with Gasteiger partial charge in [0.2, 0.25) is 0 Å². The molecule has 102 valence electrons. The molecule has 0 atom stereocenters. The van der Waals surface area contributed by atoms with E-state index in [1.807, 2.05) is 13.2 Å². The molecule has 0 aliphatic rings. The molecule has 1 aromatic heterocycles. The largest absolute Gasteiger partial charge is 0.365 e. The summed E-state index contributed by atoms with van der Waals surface area (Å²) in [4.78, 5) is 2.12. The fourth-order valence-electron chi connectivity index (χ4n) is 1.90. The van der Waals surface area contributed by atoms with E-state index in [1.165, 1.54) is 12.1 Å². The van der Waals surface area contributed by atoms with Crippen LogP contribution < -0.4 is 10.6 Å². The van der Waals surface area contributed by atoms with E-state index in [2.05, 4.69) is 15.2 Å². The van der Waals surface area contributed by atoms with Crippen molar-refractivity contribution in [2.45, 2.75) is 13.0 Å². The number of hydrogen-bond donors (Lipinski definition) is 1. The lowest BCUT2D eigenvalue weighted by atomic mass is 10.2. The highest BCUT2D eigenvalue weighted by Gasteiger charge is 2.09. The Morgan fingerprint density at radius 2 is 2.05 bits per heavy atom. The van der Waals surface area contributed by atoms with Crippen LogP contribution in [0.2, 0.25) is 0 Å². The smallest absolute Gasteiger partial charge is 0.123 e. The predicted molar refractivity (Wildman–Crippen MR) is 72.1 cm³/mol. The Hall–Kier alpha value is -1.95. The fraction of sp³-hybridized carbons (Fsp3) is 0.385. The van der Waals surface area contributed by atoms with Gasteiger partial charge in [0, 0.05) is 25.5 Å². The summed E-state index contributed by atoms with van der Waals surface area (Å²) in [5.74, 6) is -0.234. The molecule has 5 nitrogen and oxygen atoms in total. The van der Waals surface area contributed by atoms with E-state index in [-0.39, 0.29) is 5.82 Å². The van der Waals surface area contributed by atoms with Gasteiger partial charge in [0.1, 0.15) is 11.5 Å². The van der Waals surface area contributed by atoms with Crippen LogP contribution in [0, 0.1) is 5.82 Å². The molecule has 0 aliphatic heterocycles. The Morgan fingerprint density at radius 1 is 1.32 bits per heavy atom. The second-order valence-corrected chi connectivity index (χ2v) is 4.42. The molecule has 0 aliphatic carbocycles. The number of anilines is 1. The van der Waals surface area contributed by atoms with Crippen LogP contribution in [0.1, 0.15) is 12.1 Å². The summed E-state index contributed by atoms with van der Waals surface area (Å²) in [6.45, 7) is 2.07. The van der Waals surface area contributed by atoms with Crippen molar-refractivity contribution in [1.29, 1.82) is 0 Å². The van der Waals surface area contributed by atoms with Crippen LogP contribution in [-0.2, 0) is 13.6 Å². The number of aromatic nitrogens is 3. The van der Waals surface area contributed by atoms with Crippen LogP contribution in [0.5, 0.6) is 0 Å². The highest BCUT2D eigenvalue weighted by molar-refractivity contribution is 5.46. The summed E-state index contributed by atoms with van der Waals surface area (Å²) in [5.41, 5.74) is 7.40. The Bertz CT molecular complexity index is 508. The van der Waals surface area contributed by atoms with Crippen LogP contribution in [-0.4, -0.2) is 28.1 Å². The number of nitrogens with two attached hydrogens (primary N) is 1. The van der Waals surface area contributed by atoms with Crippen molar-refractivity contribution in [2.75, 3.05) is 18.0 Å². The Morgan fingerprint density at radius 3 is 2.63 bits per heavy atom. The summed E-state index contributed by atoms with van der Waals surface area (Å²) in [5, 5.41) is 7.99. The minimum absolute atomic E-state index is 0.234. The molecule has 2 N–H and O–H groups in total. The Labute approximate surface area is 111 Å². The third-order valence-corrected chi connectivity index (χ3v) is 2.83. The molecule has 19 heavy (non-hydrogen) atoms. The minimum Gasteiger partial charge on any atom is -0.365 e. The van der Waals surface area contributed by atoms with E-state index < -0.39 is 0 Å². The molecule has 0 radical (unpaired) electrons. The molecule has 2 aromatic rings. The van der Waals surface area contributed by atoms with Gasteiger partial charge in [0.05, 0.1) is 6.54 Å². The first-order chi connectivity index (χ1) is 9.19. The maximum Gasteiger partial charge on any atom is 0.123 e. The van der Waals surface area contributed by atoms with Crippen LogP contribution in [0.25, 0.3) is 0 Å². The normalized spacial score (nSPS) is 10.7. The number of benzene rings is 1. The molecular formula is C13H18FN5. The summed E-state index contributed by atoms with van der Waals surface area (Å²) >= 11 is 0. The average Bonchev–Trinajstić information content (AvgIpc) is 2.81. The molecule has 0 bridgehead atoms. The second-order valence-electron chi connectivity index (χ2n) is 4.42. The van der Waals surface area contributed by atoms with Crippen LogP contribution in [0.15, 0.2) is 30.5 Å². The molecule has 1 aromatic carbocycles. The SMILES string of the molecule is Cn1cc(CN(CCCN)c2ccc(F)cc2)nn1. The van der Waals surface area contributed by atoms with Crippen molar-refractivity contribution in [1.82, 2.24) is 15.0 Å². The van der Waals surface area contributed by atoms with Gasteiger partial charge >= 0.3 is 0 Å². The summed E-state index contributed by atoms with van der Waals surface area (Å²) in [7, 11) is 1.83. The van der Waals surface area contributed by atoms with Crippen molar-refractivity contribution >= 4 is 5.69 Å². The van der Waals surface area contributed by atoms with Crippen molar-refractivity contribution in [3.05, 3.63) is 42.0 Å². The van der Waals surface area contributed by atoms with Gasteiger partial charge in [-0.3, -0.25) is 4.68 Å². The summed E-state index contributed by atoms with van der Waals surface area (Å²) in [6, 6.07) is 6.45. The average molecular weight is 263 g/mol. The first kappa shape index (κ1) is 13.5. The zero-order valence-corrected chi connectivity index (χ0v) is 11.0.